The number of rotatable bonds is 4. The second kappa shape index (κ2) is 6.94. The Balaban J connectivity index is 1.51. The molecular formula is C19H16FN5O. The van der Waals surface area contributed by atoms with Gasteiger partial charge in [-0.1, -0.05) is 17.3 Å². The predicted octanol–water partition coefficient (Wildman–Crippen LogP) is 2.87. The molecule has 0 unspecified atom stereocenters. The Hall–Kier alpha value is -3.24. The number of hydrogen-bond acceptors (Lipinski definition) is 5. The quantitative estimate of drug-likeness (QED) is 0.724. The van der Waals surface area contributed by atoms with Gasteiger partial charge in [0.15, 0.2) is 6.23 Å². The lowest BCUT2D eigenvalue weighted by atomic mass is 10.1. The Labute approximate surface area is 150 Å². The molecule has 1 aliphatic rings. The van der Waals surface area contributed by atoms with Gasteiger partial charge in [0.2, 0.25) is 0 Å². The topological polar surface area (TPSA) is 67.0 Å². The molecular weight excluding hydrogens is 333 g/mol. The number of halogens is 1. The molecule has 2 heterocycles. The lowest BCUT2D eigenvalue weighted by Gasteiger charge is -2.23. The van der Waals surface area contributed by atoms with Crippen LogP contribution in [0.1, 0.15) is 23.0 Å². The smallest absolute Gasteiger partial charge is 0.177 e. The van der Waals surface area contributed by atoms with Crippen molar-refractivity contribution in [1.29, 1.82) is 5.26 Å². The van der Waals surface area contributed by atoms with Gasteiger partial charge in [-0.15, -0.1) is 5.10 Å². The van der Waals surface area contributed by atoms with Crippen LogP contribution in [0.15, 0.2) is 54.7 Å². The van der Waals surface area contributed by atoms with Crippen molar-refractivity contribution in [2.45, 2.75) is 12.8 Å². The van der Waals surface area contributed by atoms with E-state index in [1.807, 2.05) is 23.2 Å². The average Bonchev–Trinajstić information content (AvgIpc) is 3.32. The van der Waals surface area contributed by atoms with Gasteiger partial charge in [-0.05, 0) is 42.0 Å². The largest absolute Gasteiger partial charge is 0.350 e. The maximum Gasteiger partial charge on any atom is 0.177 e. The molecule has 1 aromatic heterocycles. The third-order valence-corrected chi connectivity index (χ3v) is 4.29. The summed E-state index contributed by atoms with van der Waals surface area (Å²) in [4.78, 5) is 2.04. The standard InChI is InChI=1S/C19H16FN5O/c20-16-5-7-17(8-6-16)25-9-10-26-19(25)18-13-24(23-22-18)12-15-3-1-14(11-21)2-4-15/h1-8,13,19H,9-10,12H2/t19-/m1/s1. The second-order valence-electron chi connectivity index (χ2n) is 6.04. The van der Waals surface area contributed by atoms with Gasteiger partial charge in [0, 0.05) is 12.2 Å². The molecule has 0 radical (unpaired) electrons. The number of benzene rings is 2. The highest BCUT2D eigenvalue weighted by atomic mass is 19.1. The Kier molecular flexibility index (Phi) is 4.33. The van der Waals surface area contributed by atoms with E-state index < -0.39 is 0 Å². The molecule has 2 aromatic carbocycles. The van der Waals surface area contributed by atoms with Crippen molar-refractivity contribution in [3.05, 3.63) is 77.4 Å². The first-order valence-corrected chi connectivity index (χ1v) is 8.26. The fourth-order valence-corrected chi connectivity index (χ4v) is 2.99. The Bertz CT molecular complexity index is 930. The summed E-state index contributed by atoms with van der Waals surface area (Å²) in [5, 5.41) is 17.3. The minimum absolute atomic E-state index is 0.265. The molecule has 26 heavy (non-hydrogen) atoms. The van der Waals surface area contributed by atoms with E-state index in [2.05, 4.69) is 16.4 Å². The summed E-state index contributed by atoms with van der Waals surface area (Å²) in [5.41, 5.74) is 3.25. The summed E-state index contributed by atoms with van der Waals surface area (Å²) in [7, 11) is 0. The molecule has 0 aliphatic carbocycles. The maximum atomic E-state index is 13.2. The van der Waals surface area contributed by atoms with Crippen LogP contribution in [0.2, 0.25) is 0 Å². The van der Waals surface area contributed by atoms with E-state index in [-0.39, 0.29) is 12.0 Å². The minimum atomic E-state index is -0.338. The highest BCUT2D eigenvalue weighted by Crippen LogP contribution is 2.31. The van der Waals surface area contributed by atoms with E-state index in [0.717, 1.165) is 11.3 Å². The molecule has 0 spiro atoms. The summed E-state index contributed by atoms with van der Waals surface area (Å²) in [5.74, 6) is -0.265. The van der Waals surface area contributed by atoms with Crippen LogP contribution in [0.4, 0.5) is 10.1 Å². The third kappa shape index (κ3) is 3.27. The molecule has 0 bridgehead atoms. The highest BCUT2D eigenvalue weighted by Gasteiger charge is 2.29. The van der Waals surface area contributed by atoms with E-state index in [4.69, 9.17) is 10.00 Å². The van der Waals surface area contributed by atoms with Crippen LogP contribution >= 0.6 is 0 Å². The number of ether oxygens (including phenoxy) is 1. The van der Waals surface area contributed by atoms with Crippen LogP contribution in [0.5, 0.6) is 0 Å². The Morgan fingerprint density at radius 3 is 2.65 bits per heavy atom. The van der Waals surface area contributed by atoms with E-state index in [9.17, 15) is 4.39 Å². The first-order chi connectivity index (χ1) is 12.7. The number of anilines is 1. The van der Waals surface area contributed by atoms with E-state index >= 15 is 0 Å². The van der Waals surface area contributed by atoms with E-state index in [1.54, 1.807) is 28.9 Å². The van der Waals surface area contributed by atoms with Crippen LogP contribution in [0, 0.1) is 17.1 Å². The molecule has 0 N–H and O–H groups in total. The Morgan fingerprint density at radius 2 is 1.92 bits per heavy atom. The Morgan fingerprint density at radius 1 is 1.15 bits per heavy atom. The van der Waals surface area contributed by atoms with Gasteiger partial charge in [-0.25, -0.2) is 9.07 Å². The van der Waals surface area contributed by atoms with Gasteiger partial charge in [0.25, 0.3) is 0 Å². The number of hydrogen-bond donors (Lipinski definition) is 0. The fourth-order valence-electron chi connectivity index (χ4n) is 2.99. The summed E-state index contributed by atoms with van der Waals surface area (Å²) in [6.45, 7) is 1.84. The van der Waals surface area contributed by atoms with Gasteiger partial charge in [0.05, 0.1) is 31.0 Å². The van der Waals surface area contributed by atoms with Crippen molar-refractivity contribution in [3.8, 4) is 6.07 Å². The average molecular weight is 349 g/mol. The molecule has 3 aromatic rings. The van der Waals surface area contributed by atoms with Gasteiger partial charge >= 0.3 is 0 Å². The zero-order valence-electron chi connectivity index (χ0n) is 13.9. The third-order valence-electron chi connectivity index (χ3n) is 4.29. The molecule has 0 amide bonds. The fraction of sp³-hybridized carbons (Fsp3) is 0.211. The van der Waals surface area contributed by atoms with E-state index in [1.165, 1.54) is 12.1 Å². The van der Waals surface area contributed by atoms with Crippen molar-refractivity contribution in [2.24, 2.45) is 0 Å². The molecule has 7 heteroatoms. The zero-order chi connectivity index (χ0) is 17.9. The molecule has 0 saturated carbocycles. The predicted molar refractivity (Wildman–Crippen MR) is 92.7 cm³/mol. The van der Waals surface area contributed by atoms with Gasteiger partial charge < -0.3 is 9.64 Å². The molecule has 130 valence electrons. The lowest BCUT2D eigenvalue weighted by Crippen LogP contribution is -2.23. The summed E-state index contributed by atoms with van der Waals surface area (Å²) in [6.07, 6.45) is 1.51. The number of aromatic nitrogens is 3. The number of nitriles is 1. The van der Waals surface area contributed by atoms with Crippen molar-refractivity contribution in [1.82, 2.24) is 15.0 Å². The highest BCUT2D eigenvalue weighted by molar-refractivity contribution is 5.48. The molecule has 1 fully saturated rings. The van der Waals surface area contributed by atoms with Gasteiger partial charge in [0.1, 0.15) is 11.5 Å². The summed E-state index contributed by atoms with van der Waals surface area (Å²) >= 11 is 0. The zero-order valence-corrected chi connectivity index (χ0v) is 13.9. The minimum Gasteiger partial charge on any atom is -0.350 e. The monoisotopic (exact) mass is 349 g/mol. The van der Waals surface area contributed by atoms with Crippen LogP contribution in [0.3, 0.4) is 0 Å². The van der Waals surface area contributed by atoms with E-state index in [0.29, 0.717) is 31.0 Å². The van der Waals surface area contributed by atoms with Crippen molar-refractivity contribution >= 4 is 5.69 Å². The summed E-state index contributed by atoms with van der Waals surface area (Å²) in [6, 6.07) is 15.8. The van der Waals surface area contributed by atoms with Gasteiger partial charge in [-0.2, -0.15) is 5.26 Å². The molecule has 1 atom stereocenters. The van der Waals surface area contributed by atoms with Crippen LogP contribution in [0.25, 0.3) is 0 Å². The second-order valence-corrected chi connectivity index (χ2v) is 6.04. The molecule has 6 nitrogen and oxygen atoms in total. The van der Waals surface area contributed by atoms with Crippen molar-refractivity contribution in [3.63, 3.8) is 0 Å². The first-order valence-electron chi connectivity index (χ1n) is 8.26. The van der Waals surface area contributed by atoms with Crippen molar-refractivity contribution < 1.29 is 9.13 Å². The summed E-state index contributed by atoms with van der Waals surface area (Å²) < 4.78 is 20.7. The molecule has 1 aliphatic heterocycles. The SMILES string of the molecule is N#Cc1ccc(Cn2cc([C@H]3OCCN3c3ccc(F)cc3)nn2)cc1. The van der Waals surface area contributed by atoms with Crippen LogP contribution in [-0.2, 0) is 11.3 Å². The van der Waals surface area contributed by atoms with Crippen LogP contribution < -0.4 is 4.90 Å². The first kappa shape index (κ1) is 16.2. The molecule has 1 saturated heterocycles. The normalized spacial score (nSPS) is 16.6. The number of nitrogens with zero attached hydrogens (tertiary/aromatic N) is 5. The lowest BCUT2D eigenvalue weighted by molar-refractivity contribution is 0.110. The molecule has 4 rings (SSSR count). The maximum absolute atomic E-state index is 13.2. The van der Waals surface area contributed by atoms with Crippen LogP contribution in [-0.4, -0.2) is 28.1 Å². The van der Waals surface area contributed by atoms with Crippen molar-refractivity contribution in [2.75, 3.05) is 18.1 Å². The van der Waals surface area contributed by atoms with Gasteiger partial charge in [-0.3, -0.25) is 0 Å².